The fourth-order valence-corrected chi connectivity index (χ4v) is 10.2. The van der Waals surface area contributed by atoms with Crippen LogP contribution in [0.25, 0.3) is 0 Å². The molecule has 7 atom stereocenters. The van der Waals surface area contributed by atoms with Crippen LogP contribution in [0, 0.1) is 34.5 Å². The molecule has 5 N–H and O–H groups in total. The van der Waals surface area contributed by atoms with Crippen LogP contribution in [0.2, 0.25) is 0 Å². The van der Waals surface area contributed by atoms with Crippen molar-refractivity contribution in [2.45, 2.75) is 97.2 Å². The Bertz CT molecular complexity index is 1370. The number of hydrogen-bond acceptors (Lipinski definition) is 7. The number of nitrogens with two attached hydrogens (primary N) is 1. The molecule has 210 valence electrons. The number of benzene rings is 1. The highest BCUT2D eigenvalue weighted by atomic mass is 32.2. The second-order valence-corrected chi connectivity index (χ2v) is 15.5. The van der Waals surface area contributed by atoms with Gasteiger partial charge in [-0.25, -0.2) is 0 Å². The largest absolute Gasteiger partial charge is 0.504 e. The van der Waals surface area contributed by atoms with Crippen LogP contribution in [0.3, 0.4) is 0 Å². The van der Waals surface area contributed by atoms with Crippen molar-refractivity contribution in [1.29, 1.82) is 0 Å². The van der Waals surface area contributed by atoms with Gasteiger partial charge in [-0.3, -0.25) is 4.79 Å². The van der Waals surface area contributed by atoms with Gasteiger partial charge in [0.25, 0.3) is 10.1 Å². The van der Waals surface area contributed by atoms with Gasteiger partial charge >= 0.3 is 5.97 Å². The number of carbonyl (C=O) groups is 1. The maximum absolute atomic E-state index is 13.2. The lowest BCUT2D eigenvalue weighted by atomic mass is 9.34. The molecule has 0 heterocycles. The molecule has 0 bridgehead atoms. The third kappa shape index (κ3) is 3.27. The topological polar surface area (TPSA) is 147 Å². The number of aromatic hydroxyl groups is 2. The molecule has 0 saturated heterocycles. The molecule has 8 nitrogen and oxygen atoms in total. The van der Waals surface area contributed by atoms with Gasteiger partial charge in [0, 0.05) is 5.41 Å². The van der Waals surface area contributed by atoms with E-state index in [0.717, 1.165) is 31.3 Å². The minimum Gasteiger partial charge on any atom is -0.504 e. The number of phenols is 2. The molecule has 5 rings (SSSR count). The summed E-state index contributed by atoms with van der Waals surface area (Å²) < 4.78 is 31.0. The van der Waals surface area contributed by atoms with E-state index >= 15 is 0 Å². The molecule has 9 heteroatoms. The van der Waals surface area contributed by atoms with Gasteiger partial charge in [0.05, 0.1) is 5.41 Å². The lowest BCUT2D eigenvalue weighted by Gasteiger charge is -2.70. The second-order valence-electron chi connectivity index (χ2n) is 13.8. The zero-order valence-corrected chi connectivity index (χ0v) is 24.0. The number of fused-ring (bicyclic) bond motifs is 7. The van der Waals surface area contributed by atoms with E-state index < -0.39 is 37.6 Å². The molecule has 0 aromatic heterocycles. The van der Waals surface area contributed by atoms with Crippen LogP contribution >= 0.6 is 0 Å². The first-order chi connectivity index (χ1) is 17.4. The average Bonchev–Trinajstić information content (AvgIpc) is 2.85. The average molecular weight is 548 g/mol. The summed E-state index contributed by atoms with van der Waals surface area (Å²) in [4.78, 5) is 12.3. The van der Waals surface area contributed by atoms with Crippen molar-refractivity contribution in [3.8, 4) is 11.5 Å². The van der Waals surface area contributed by atoms with Crippen molar-refractivity contribution in [2.75, 3.05) is 0 Å². The Morgan fingerprint density at radius 2 is 1.66 bits per heavy atom. The molecular formula is C29H41NO7S. The van der Waals surface area contributed by atoms with Crippen LogP contribution < -0.4 is 5.90 Å². The minimum absolute atomic E-state index is 0.0105. The van der Waals surface area contributed by atoms with Crippen molar-refractivity contribution in [3.05, 3.63) is 34.4 Å². The van der Waals surface area contributed by atoms with E-state index in [-0.39, 0.29) is 28.2 Å². The lowest BCUT2D eigenvalue weighted by Crippen LogP contribution is -2.62. The predicted octanol–water partition coefficient (Wildman–Crippen LogP) is 5.36. The molecule has 3 fully saturated rings. The van der Waals surface area contributed by atoms with Crippen molar-refractivity contribution >= 4 is 16.1 Å². The summed E-state index contributed by atoms with van der Waals surface area (Å²) in [6.07, 6.45) is 7.19. The molecule has 38 heavy (non-hydrogen) atoms. The van der Waals surface area contributed by atoms with E-state index in [9.17, 15) is 28.5 Å². The summed E-state index contributed by atoms with van der Waals surface area (Å²) in [5, 5.41) is 30.1. The van der Waals surface area contributed by atoms with Crippen molar-refractivity contribution in [2.24, 2.45) is 33.5 Å². The van der Waals surface area contributed by atoms with Gasteiger partial charge in [-0.15, -0.1) is 0 Å². The van der Waals surface area contributed by atoms with Gasteiger partial charge in [-0.1, -0.05) is 39.3 Å². The van der Waals surface area contributed by atoms with Crippen LogP contribution in [0.5, 0.6) is 11.5 Å². The summed E-state index contributed by atoms with van der Waals surface area (Å²) in [6.45, 7) is 12.4. The first-order valence-electron chi connectivity index (χ1n) is 13.5. The highest BCUT2D eigenvalue weighted by Crippen LogP contribution is 2.75. The lowest BCUT2D eigenvalue weighted by molar-refractivity contribution is -0.177. The molecule has 1 unspecified atom stereocenters. The highest BCUT2D eigenvalue weighted by Gasteiger charge is 2.67. The predicted molar refractivity (Wildman–Crippen MR) is 143 cm³/mol. The standard InChI is InChI=1S/C29H41NO7S/c1-16-22-17(13-18(31)23(16)32)27(4)10-12-29(6)21-15-26(3,24(33)34)8-7-25(21,2)9-11-28(29,5)20(27)14-19(22)38(35,36)37-30/h13-14,19,21,31-32H,7-12,15,30H2,1-6H3,(H,33,34)/t19?,21-,25-,26-,27+,28-,29+/m1/s1. The third-order valence-corrected chi connectivity index (χ3v) is 13.3. The van der Waals surface area contributed by atoms with E-state index in [1.165, 1.54) is 6.07 Å². The second kappa shape index (κ2) is 7.98. The Labute approximate surface area is 225 Å². The van der Waals surface area contributed by atoms with Crippen molar-refractivity contribution in [3.63, 3.8) is 0 Å². The molecule has 0 spiro atoms. The molecule has 0 aliphatic heterocycles. The maximum atomic E-state index is 13.2. The van der Waals surface area contributed by atoms with E-state index in [4.69, 9.17) is 5.90 Å². The van der Waals surface area contributed by atoms with Gasteiger partial charge in [-0.05, 0) is 104 Å². The first-order valence-corrected chi connectivity index (χ1v) is 15.0. The molecule has 0 amide bonds. The van der Waals surface area contributed by atoms with Crippen molar-refractivity contribution < 1.29 is 32.8 Å². The van der Waals surface area contributed by atoms with Gasteiger partial charge in [-0.2, -0.15) is 18.6 Å². The van der Waals surface area contributed by atoms with Gasteiger partial charge in [0.2, 0.25) is 0 Å². The summed E-state index contributed by atoms with van der Waals surface area (Å²) >= 11 is 0. The zero-order chi connectivity index (χ0) is 28.3. The third-order valence-electron chi connectivity index (χ3n) is 12.0. The van der Waals surface area contributed by atoms with E-state index in [1.807, 2.05) is 6.92 Å². The molecule has 1 aromatic rings. The fourth-order valence-electron chi connectivity index (χ4n) is 9.17. The quantitative estimate of drug-likeness (QED) is 0.225. The number of carboxylic acid groups (broad SMARTS) is 1. The summed E-state index contributed by atoms with van der Waals surface area (Å²) in [5.41, 5.74) is 0.278. The van der Waals surface area contributed by atoms with Crippen LogP contribution in [0.4, 0.5) is 0 Å². The number of hydrogen-bond donors (Lipinski definition) is 4. The highest BCUT2D eigenvalue weighted by molar-refractivity contribution is 7.87. The Morgan fingerprint density at radius 1 is 1.03 bits per heavy atom. The monoisotopic (exact) mass is 547 g/mol. The SMILES string of the molecule is Cc1c(O)c(O)cc2c1C(S(=O)(=O)ON)C=C1[C@@]2(C)CC[C@@]2(C)[C@@H]3C[C@](C)(C(=O)O)CC[C@]3(C)CC[C@]12C. The smallest absolute Gasteiger partial charge is 0.309 e. The zero-order valence-electron chi connectivity index (χ0n) is 23.2. The van der Waals surface area contributed by atoms with E-state index in [2.05, 4.69) is 32.0 Å². The summed E-state index contributed by atoms with van der Waals surface area (Å²) in [5.74, 6) is 4.04. The van der Waals surface area contributed by atoms with Crippen LogP contribution in [0.1, 0.15) is 102 Å². The van der Waals surface area contributed by atoms with Crippen LogP contribution in [-0.4, -0.2) is 29.7 Å². The Morgan fingerprint density at radius 3 is 2.26 bits per heavy atom. The Hall–Kier alpha value is -2.10. The number of carboxylic acids is 1. The summed E-state index contributed by atoms with van der Waals surface area (Å²) in [6, 6.07) is 1.50. The molecule has 4 aliphatic rings. The van der Waals surface area contributed by atoms with Crippen LogP contribution in [0.15, 0.2) is 17.7 Å². The van der Waals surface area contributed by atoms with Crippen LogP contribution in [-0.2, 0) is 24.6 Å². The molecule has 3 saturated carbocycles. The Balaban J connectivity index is 1.75. The maximum Gasteiger partial charge on any atom is 0.309 e. The van der Waals surface area contributed by atoms with E-state index in [1.54, 1.807) is 13.0 Å². The molecule has 1 aromatic carbocycles. The molecule has 0 radical (unpaired) electrons. The first kappa shape index (κ1) is 27.5. The normalized spacial score (nSPS) is 42.2. The number of rotatable bonds is 3. The number of allylic oxidation sites excluding steroid dienone is 1. The number of phenolic OH excluding ortho intramolecular Hbond substituents is 2. The van der Waals surface area contributed by atoms with Gasteiger partial charge in [0.15, 0.2) is 11.5 Å². The fraction of sp³-hybridized carbons (Fsp3) is 0.690. The molecule has 4 aliphatic carbocycles. The molecular weight excluding hydrogens is 506 g/mol. The van der Waals surface area contributed by atoms with Gasteiger partial charge < -0.3 is 15.3 Å². The minimum atomic E-state index is -4.28. The summed E-state index contributed by atoms with van der Waals surface area (Å²) in [7, 11) is -4.28. The van der Waals surface area contributed by atoms with Crippen molar-refractivity contribution in [1.82, 2.24) is 0 Å². The Kier molecular flexibility index (Phi) is 5.77. The van der Waals surface area contributed by atoms with E-state index in [0.29, 0.717) is 36.0 Å². The van der Waals surface area contributed by atoms with Gasteiger partial charge in [0.1, 0.15) is 5.25 Å². The number of aliphatic carboxylic acids is 1.